The molecule has 2 nitrogen and oxygen atoms in total. The van der Waals surface area contributed by atoms with E-state index in [0.717, 1.165) is 17.9 Å². The van der Waals surface area contributed by atoms with Gasteiger partial charge in [0.25, 0.3) is 0 Å². The zero-order chi connectivity index (χ0) is 13.0. The van der Waals surface area contributed by atoms with Gasteiger partial charge in [-0.25, -0.2) is 0 Å². The molecular weight excluding hydrogens is 228 g/mol. The first-order valence-electron chi connectivity index (χ1n) is 6.16. The van der Waals surface area contributed by atoms with Gasteiger partial charge in [-0.1, -0.05) is 6.92 Å². The van der Waals surface area contributed by atoms with Gasteiger partial charge in [0.1, 0.15) is 0 Å². The highest BCUT2D eigenvalue weighted by Crippen LogP contribution is 2.21. The number of nitrogens with one attached hydrogen (secondary N) is 1. The summed E-state index contributed by atoms with van der Waals surface area (Å²) in [5, 5.41) is 4.24. The Bertz CT molecular complexity index is 353. The third kappa shape index (κ3) is 4.00. The zero-order valence-corrected chi connectivity index (χ0v) is 12.6. The van der Waals surface area contributed by atoms with Gasteiger partial charge in [0.15, 0.2) is 0 Å². The van der Waals surface area contributed by atoms with Crippen molar-refractivity contribution in [1.82, 2.24) is 10.3 Å². The van der Waals surface area contributed by atoms with Crippen molar-refractivity contribution in [2.24, 2.45) is 0 Å². The molecule has 0 amide bonds. The Hall–Kier alpha value is -0.540. The van der Waals surface area contributed by atoms with E-state index in [9.17, 15) is 0 Å². The maximum atomic E-state index is 4.56. The summed E-state index contributed by atoms with van der Waals surface area (Å²) in [6.07, 6.45) is 2.15. The largest absolute Gasteiger partial charge is 0.309 e. The molecule has 0 bridgehead atoms. The number of aromatic nitrogens is 1. The van der Waals surface area contributed by atoms with Crippen LogP contribution in [0.5, 0.6) is 0 Å². The van der Waals surface area contributed by atoms with E-state index in [4.69, 9.17) is 0 Å². The number of pyridine rings is 1. The number of nitrogens with zero attached hydrogens (tertiary/aromatic N) is 1. The van der Waals surface area contributed by atoms with Crippen molar-refractivity contribution in [2.45, 2.75) is 45.9 Å². The quantitative estimate of drug-likeness (QED) is 0.869. The van der Waals surface area contributed by atoms with Crippen LogP contribution in [0.15, 0.2) is 6.07 Å². The van der Waals surface area contributed by atoms with Crippen molar-refractivity contribution in [3.8, 4) is 0 Å². The molecule has 0 aliphatic rings. The molecule has 1 aromatic heterocycles. The lowest BCUT2D eigenvalue weighted by Gasteiger charge is -2.20. The lowest BCUT2D eigenvalue weighted by Crippen LogP contribution is -2.27. The van der Waals surface area contributed by atoms with Gasteiger partial charge < -0.3 is 5.32 Å². The minimum atomic E-state index is 0.373. The topological polar surface area (TPSA) is 24.9 Å². The fourth-order valence-electron chi connectivity index (χ4n) is 2.22. The Balaban J connectivity index is 2.78. The van der Waals surface area contributed by atoms with E-state index in [1.165, 1.54) is 11.1 Å². The van der Waals surface area contributed by atoms with Crippen LogP contribution in [0.25, 0.3) is 0 Å². The van der Waals surface area contributed by atoms with Crippen molar-refractivity contribution in [3.63, 3.8) is 0 Å². The van der Waals surface area contributed by atoms with Crippen molar-refractivity contribution >= 4 is 11.8 Å². The Labute approximate surface area is 110 Å². The second kappa shape index (κ2) is 6.41. The highest BCUT2D eigenvalue weighted by atomic mass is 32.2. The second-order valence-electron chi connectivity index (χ2n) is 4.76. The summed E-state index contributed by atoms with van der Waals surface area (Å²) in [5.41, 5.74) is 4.95. The van der Waals surface area contributed by atoms with Crippen LogP contribution in [0.4, 0.5) is 0 Å². The van der Waals surface area contributed by atoms with Gasteiger partial charge in [-0.3, -0.25) is 4.98 Å². The molecule has 0 saturated carbocycles. The summed E-state index contributed by atoms with van der Waals surface area (Å²) < 4.78 is 0. The zero-order valence-electron chi connectivity index (χ0n) is 11.8. The SMILES string of the molecule is CSC(C)CNC(C)c1c(C)cc(C)nc1C. The highest BCUT2D eigenvalue weighted by molar-refractivity contribution is 7.99. The predicted molar refractivity (Wildman–Crippen MR) is 77.8 cm³/mol. The molecule has 1 heterocycles. The standard InChI is InChI=1S/C14H24N2S/c1-9-7-10(2)16-13(5)14(9)12(4)15-8-11(3)17-6/h7,11-12,15H,8H2,1-6H3. The molecule has 0 aliphatic carbocycles. The van der Waals surface area contributed by atoms with Crippen molar-refractivity contribution in [1.29, 1.82) is 0 Å². The molecule has 0 radical (unpaired) electrons. The van der Waals surface area contributed by atoms with E-state index in [-0.39, 0.29) is 0 Å². The first-order chi connectivity index (χ1) is 7.95. The summed E-state index contributed by atoms with van der Waals surface area (Å²) in [4.78, 5) is 4.56. The summed E-state index contributed by atoms with van der Waals surface area (Å²) in [6, 6.07) is 2.54. The third-order valence-corrected chi connectivity index (χ3v) is 4.10. The number of thioether (sulfide) groups is 1. The molecular formula is C14H24N2S. The Morgan fingerprint density at radius 1 is 1.29 bits per heavy atom. The van der Waals surface area contributed by atoms with Gasteiger partial charge in [0, 0.05) is 29.2 Å². The molecule has 0 spiro atoms. The maximum Gasteiger partial charge on any atom is 0.0426 e. The fourth-order valence-corrected chi connectivity index (χ4v) is 2.48. The lowest BCUT2D eigenvalue weighted by molar-refractivity contribution is 0.568. The normalized spacial score (nSPS) is 14.7. The first kappa shape index (κ1) is 14.5. The molecule has 1 aromatic rings. The third-order valence-electron chi connectivity index (χ3n) is 3.13. The molecule has 1 N–H and O–H groups in total. The van der Waals surface area contributed by atoms with Gasteiger partial charge in [-0.2, -0.15) is 11.8 Å². The average Bonchev–Trinajstić information content (AvgIpc) is 2.24. The Morgan fingerprint density at radius 3 is 2.47 bits per heavy atom. The highest BCUT2D eigenvalue weighted by Gasteiger charge is 2.13. The summed E-state index contributed by atoms with van der Waals surface area (Å²) in [7, 11) is 0. The smallest absolute Gasteiger partial charge is 0.0426 e. The van der Waals surface area contributed by atoms with Crippen molar-refractivity contribution < 1.29 is 0 Å². The van der Waals surface area contributed by atoms with Crippen molar-refractivity contribution in [2.75, 3.05) is 12.8 Å². The van der Waals surface area contributed by atoms with E-state index in [1.807, 2.05) is 11.8 Å². The van der Waals surface area contributed by atoms with Crippen LogP contribution in [0.3, 0.4) is 0 Å². The van der Waals surface area contributed by atoms with Crippen LogP contribution in [-0.4, -0.2) is 23.0 Å². The predicted octanol–water partition coefficient (Wildman–Crippen LogP) is 3.41. The average molecular weight is 252 g/mol. The van der Waals surface area contributed by atoms with E-state index >= 15 is 0 Å². The molecule has 96 valence electrons. The van der Waals surface area contributed by atoms with E-state index in [2.05, 4.69) is 57.2 Å². The monoisotopic (exact) mass is 252 g/mol. The van der Waals surface area contributed by atoms with Gasteiger partial charge in [0.05, 0.1) is 0 Å². The molecule has 0 saturated heterocycles. The van der Waals surface area contributed by atoms with Crippen molar-refractivity contribution in [3.05, 3.63) is 28.6 Å². The lowest BCUT2D eigenvalue weighted by atomic mass is 10.0. The first-order valence-corrected chi connectivity index (χ1v) is 7.45. The van der Waals surface area contributed by atoms with E-state index in [0.29, 0.717) is 11.3 Å². The van der Waals surface area contributed by atoms with Crippen LogP contribution < -0.4 is 5.32 Å². The van der Waals surface area contributed by atoms with E-state index < -0.39 is 0 Å². The number of aryl methyl sites for hydroxylation is 3. The number of hydrogen-bond acceptors (Lipinski definition) is 3. The fraction of sp³-hybridized carbons (Fsp3) is 0.643. The number of rotatable bonds is 5. The molecule has 0 aromatic carbocycles. The molecule has 1 rings (SSSR count). The van der Waals surface area contributed by atoms with Gasteiger partial charge >= 0.3 is 0 Å². The molecule has 17 heavy (non-hydrogen) atoms. The molecule has 0 fully saturated rings. The van der Waals surface area contributed by atoms with Gasteiger partial charge in [-0.15, -0.1) is 0 Å². The summed E-state index contributed by atoms with van der Waals surface area (Å²) in [6.45, 7) is 11.8. The van der Waals surface area contributed by atoms with Crippen LogP contribution in [0.1, 0.15) is 42.4 Å². The maximum absolute atomic E-state index is 4.56. The Kier molecular flexibility index (Phi) is 5.47. The van der Waals surface area contributed by atoms with E-state index in [1.54, 1.807) is 0 Å². The molecule has 3 heteroatoms. The van der Waals surface area contributed by atoms with Crippen LogP contribution >= 0.6 is 11.8 Å². The summed E-state index contributed by atoms with van der Waals surface area (Å²) >= 11 is 1.89. The second-order valence-corrected chi connectivity index (χ2v) is 6.03. The van der Waals surface area contributed by atoms with Crippen LogP contribution in [0.2, 0.25) is 0 Å². The number of hydrogen-bond donors (Lipinski definition) is 1. The molecule has 0 aliphatic heterocycles. The van der Waals surface area contributed by atoms with Gasteiger partial charge in [-0.05, 0) is 51.1 Å². The minimum Gasteiger partial charge on any atom is -0.309 e. The van der Waals surface area contributed by atoms with Crippen LogP contribution in [0, 0.1) is 20.8 Å². The van der Waals surface area contributed by atoms with Crippen LogP contribution in [-0.2, 0) is 0 Å². The van der Waals surface area contributed by atoms with Gasteiger partial charge in [0.2, 0.25) is 0 Å². The Morgan fingerprint density at radius 2 is 1.94 bits per heavy atom. The molecule has 2 unspecified atom stereocenters. The summed E-state index contributed by atoms with van der Waals surface area (Å²) in [5.74, 6) is 0. The molecule has 2 atom stereocenters. The minimum absolute atomic E-state index is 0.373.